The van der Waals surface area contributed by atoms with Gasteiger partial charge in [-0.2, -0.15) is 0 Å². The maximum absolute atomic E-state index is 11.1. The van der Waals surface area contributed by atoms with E-state index in [9.17, 15) is 4.79 Å². The van der Waals surface area contributed by atoms with Gasteiger partial charge in [0.05, 0.1) is 27.2 Å². The van der Waals surface area contributed by atoms with E-state index in [0.717, 1.165) is 19.4 Å². The van der Waals surface area contributed by atoms with Crippen molar-refractivity contribution in [2.24, 2.45) is 0 Å². The Balaban J connectivity index is 2.05. The smallest absolute Gasteiger partial charge is 0.323 e. The second kappa shape index (κ2) is 5.83. The average molecular weight is 329 g/mol. The SMILES string of the molecule is O=C(O)Cn1c(CC2CCCO2)nc2cc(Cl)c(Cl)cc21. The van der Waals surface area contributed by atoms with Crippen LogP contribution in [0, 0.1) is 0 Å². The molecule has 3 rings (SSSR count). The molecule has 2 heterocycles. The molecule has 0 amide bonds. The van der Waals surface area contributed by atoms with Gasteiger partial charge in [-0.15, -0.1) is 0 Å². The minimum atomic E-state index is -0.922. The van der Waals surface area contributed by atoms with Crippen molar-refractivity contribution in [2.75, 3.05) is 6.61 Å². The Kier molecular flexibility index (Phi) is 4.06. The summed E-state index contributed by atoms with van der Waals surface area (Å²) in [7, 11) is 0. The van der Waals surface area contributed by atoms with Crippen molar-refractivity contribution < 1.29 is 14.6 Å². The lowest BCUT2D eigenvalue weighted by Crippen LogP contribution is -2.17. The molecule has 21 heavy (non-hydrogen) atoms. The zero-order valence-electron chi connectivity index (χ0n) is 11.2. The number of hydrogen-bond donors (Lipinski definition) is 1. The molecule has 1 unspecified atom stereocenters. The molecule has 0 saturated carbocycles. The Hall–Kier alpha value is -1.30. The fourth-order valence-corrected chi connectivity index (χ4v) is 2.96. The molecule has 2 aromatic rings. The van der Waals surface area contributed by atoms with Crippen molar-refractivity contribution in [3.05, 3.63) is 28.0 Å². The Labute approximate surface area is 131 Å². The fourth-order valence-electron chi connectivity index (χ4n) is 2.65. The third-order valence-electron chi connectivity index (χ3n) is 3.60. The summed E-state index contributed by atoms with van der Waals surface area (Å²) >= 11 is 12.0. The first-order valence-electron chi connectivity index (χ1n) is 6.72. The van der Waals surface area contributed by atoms with Crippen LogP contribution in [0.4, 0.5) is 0 Å². The van der Waals surface area contributed by atoms with Crippen molar-refractivity contribution in [3.8, 4) is 0 Å². The molecule has 1 N–H and O–H groups in total. The topological polar surface area (TPSA) is 64.3 Å². The predicted molar refractivity (Wildman–Crippen MR) is 80.1 cm³/mol. The Morgan fingerprint density at radius 1 is 1.43 bits per heavy atom. The molecular formula is C14H14Cl2N2O3. The lowest BCUT2D eigenvalue weighted by Gasteiger charge is -2.10. The Morgan fingerprint density at radius 2 is 2.19 bits per heavy atom. The molecule has 5 nitrogen and oxygen atoms in total. The highest BCUT2D eigenvalue weighted by molar-refractivity contribution is 6.42. The van der Waals surface area contributed by atoms with Crippen LogP contribution in [0.5, 0.6) is 0 Å². The van der Waals surface area contributed by atoms with Gasteiger partial charge in [-0.3, -0.25) is 4.79 Å². The summed E-state index contributed by atoms with van der Waals surface area (Å²) < 4.78 is 7.28. The number of carbonyl (C=O) groups is 1. The molecule has 1 atom stereocenters. The van der Waals surface area contributed by atoms with E-state index in [1.165, 1.54) is 0 Å². The number of carboxylic acid groups (broad SMARTS) is 1. The highest BCUT2D eigenvalue weighted by atomic mass is 35.5. The van der Waals surface area contributed by atoms with Crippen LogP contribution in [-0.4, -0.2) is 33.3 Å². The minimum absolute atomic E-state index is 0.0975. The van der Waals surface area contributed by atoms with E-state index in [0.29, 0.717) is 33.3 Å². The summed E-state index contributed by atoms with van der Waals surface area (Å²) in [5, 5.41) is 9.91. The van der Waals surface area contributed by atoms with E-state index in [1.807, 2.05) is 0 Å². The van der Waals surface area contributed by atoms with Crippen molar-refractivity contribution in [3.63, 3.8) is 0 Å². The quantitative estimate of drug-likeness (QED) is 0.936. The summed E-state index contributed by atoms with van der Waals surface area (Å²) in [6, 6.07) is 3.32. The highest BCUT2D eigenvalue weighted by Gasteiger charge is 2.21. The van der Waals surface area contributed by atoms with Crippen molar-refractivity contribution >= 4 is 40.2 Å². The molecule has 0 radical (unpaired) electrons. The third kappa shape index (κ3) is 3.00. The second-order valence-electron chi connectivity index (χ2n) is 5.10. The van der Waals surface area contributed by atoms with E-state index >= 15 is 0 Å². The van der Waals surface area contributed by atoms with Gasteiger partial charge < -0.3 is 14.4 Å². The number of imidazole rings is 1. The van der Waals surface area contributed by atoms with E-state index in [4.69, 9.17) is 33.0 Å². The lowest BCUT2D eigenvalue weighted by atomic mass is 10.2. The normalized spacial score (nSPS) is 18.5. The molecule has 1 aromatic carbocycles. The van der Waals surface area contributed by atoms with E-state index in [1.54, 1.807) is 16.7 Å². The molecule has 112 valence electrons. The molecule has 1 fully saturated rings. The fraction of sp³-hybridized carbons (Fsp3) is 0.429. The summed E-state index contributed by atoms with van der Waals surface area (Å²) in [5.74, 6) is -0.230. The number of fused-ring (bicyclic) bond motifs is 1. The zero-order valence-corrected chi connectivity index (χ0v) is 12.7. The summed E-state index contributed by atoms with van der Waals surface area (Å²) in [6.45, 7) is 0.595. The largest absolute Gasteiger partial charge is 0.480 e. The monoisotopic (exact) mass is 328 g/mol. The number of aliphatic carboxylic acids is 1. The number of nitrogens with zero attached hydrogens (tertiary/aromatic N) is 2. The standard InChI is InChI=1S/C14H14Cl2N2O3/c15-9-5-11-12(6-10(9)16)18(7-14(19)20)13(17-11)4-8-2-1-3-21-8/h5-6,8H,1-4,7H2,(H,19,20). The van der Waals surface area contributed by atoms with Crippen LogP contribution in [-0.2, 0) is 22.5 Å². The van der Waals surface area contributed by atoms with Gasteiger partial charge in [-0.25, -0.2) is 4.98 Å². The van der Waals surface area contributed by atoms with Crippen LogP contribution in [0.15, 0.2) is 12.1 Å². The molecule has 1 aromatic heterocycles. The second-order valence-corrected chi connectivity index (χ2v) is 5.92. The molecule has 0 aliphatic carbocycles. The van der Waals surface area contributed by atoms with Gasteiger partial charge in [0, 0.05) is 13.0 Å². The maximum Gasteiger partial charge on any atom is 0.323 e. The van der Waals surface area contributed by atoms with E-state index in [-0.39, 0.29) is 12.6 Å². The molecule has 0 bridgehead atoms. The van der Waals surface area contributed by atoms with Crippen LogP contribution in [0.2, 0.25) is 10.0 Å². The van der Waals surface area contributed by atoms with Gasteiger partial charge in [-0.1, -0.05) is 23.2 Å². The number of carboxylic acids is 1. The van der Waals surface area contributed by atoms with Gasteiger partial charge in [0.2, 0.25) is 0 Å². The predicted octanol–water partition coefficient (Wildman–Crippen LogP) is 3.15. The molecule has 7 heteroatoms. The number of hydrogen-bond acceptors (Lipinski definition) is 3. The average Bonchev–Trinajstić information content (AvgIpc) is 3.01. The van der Waals surface area contributed by atoms with E-state index in [2.05, 4.69) is 4.98 Å². The van der Waals surface area contributed by atoms with Gasteiger partial charge in [-0.05, 0) is 25.0 Å². The molecule has 1 aliphatic heterocycles. The zero-order chi connectivity index (χ0) is 15.0. The first-order chi connectivity index (χ1) is 10.0. The van der Waals surface area contributed by atoms with Crippen LogP contribution in [0.1, 0.15) is 18.7 Å². The molecule has 0 spiro atoms. The number of halogens is 2. The van der Waals surface area contributed by atoms with Crippen LogP contribution in [0.25, 0.3) is 11.0 Å². The molecule has 1 aliphatic rings. The van der Waals surface area contributed by atoms with Crippen LogP contribution < -0.4 is 0 Å². The van der Waals surface area contributed by atoms with Crippen molar-refractivity contribution in [2.45, 2.75) is 31.9 Å². The summed E-state index contributed by atoms with van der Waals surface area (Å²) in [6.07, 6.45) is 2.69. The lowest BCUT2D eigenvalue weighted by molar-refractivity contribution is -0.137. The van der Waals surface area contributed by atoms with Crippen molar-refractivity contribution in [1.29, 1.82) is 0 Å². The maximum atomic E-state index is 11.1. The first-order valence-corrected chi connectivity index (χ1v) is 7.47. The number of rotatable bonds is 4. The third-order valence-corrected chi connectivity index (χ3v) is 4.32. The Bertz CT molecular complexity index is 693. The molecule has 1 saturated heterocycles. The summed E-state index contributed by atoms with van der Waals surface area (Å²) in [5.41, 5.74) is 1.33. The van der Waals surface area contributed by atoms with Crippen LogP contribution in [0.3, 0.4) is 0 Å². The van der Waals surface area contributed by atoms with Crippen LogP contribution >= 0.6 is 23.2 Å². The number of aromatic nitrogens is 2. The van der Waals surface area contributed by atoms with Gasteiger partial charge in [0.25, 0.3) is 0 Å². The van der Waals surface area contributed by atoms with Gasteiger partial charge in [0.15, 0.2) is 0 Å². The highest BCUT2D eigenvalue weighted by Crippen LogP contribution is 2.29. The first kappa shape index (κ1) is 14.6. The van der Waals surface area contributed by atoms with Gasteiger partial charge in [0.1, 0.15) is 12.4 Å². The van der Waals surface area contributed by atoms with Gasteiger partial charge >= 0.3 is 5.97 Å². The summed E-state index contributed by atoms with van der Waals surface area (Å²) in [4.78, 5) is 15.6. The number of benzene rings is 1. The minimum Gasteiger partial charge on any atom is -0.480 e. The van der Waals surface area contributed by atoms with Crippen molar-refractivity contribution in [1.82, 2.24) is 9.55 Å². The Morgan fingerprint density at radius 3 is 2.86 bits per heavy atom. The van der Waals surface area contributed by atoms with E-state index < -0.39 is 5.97 Å². The molecular weight excluding hydrogens is 315 g/mol. The number of ether oxygens (including phenoxy) is 1.